The molecule has 3 aromatic rings. The maximum Gasteiger partial charge on any atom is 0.250 e. The van der Waals surface area contributed by atoms with Gasteiger partial charge < -0.3 is 9.47 Å². The van der Waals surface area contributed by atoms with E-state index in [4.69, 9.17) is 55.9 Å². The predicted molar refractivity (Wildman–Crippen MR) is 141 cm³/mol. The molecule has 0 spiro atoms. The molecule has 34 heavy (non-hydrogen) atoms. The molecule has 178 valence electrons. The third kappa shape index (κ3) is 8.00. The first-order valence-corrected chi connectivity index (χ1v) is 12.6. The zero-order valence-corrected chi connectivity index (χ0v) is 21.8. The largest absolute Gasteiger partial charge is 0.490 e. The van der Waals surface area contributed by atoms with Gasteiger partial charge in [-0.1, -0.05) is 52.5 Å². The minimum Gasteiger partial charge on any atom is -0.490 e. The molecular formula is C24H20Cl4N2O3S. The topological polar surface area (TPSA) is 59.9 Å². The van der Waals surface area contributed by atoms with E-state index in [9.17, 15) is 4.79 Å². The Morgan fingerprint density at radius 2 is 1.74 bits per heavy atom. The highest BCUT2D eigenvalue weighted by atomic mass is 35.5. The number of hydrogen-bond acceptors (Lipinski definition) is 5. The molecule has 0 saturated heterocycles. The van der Waals surface area contributed by atoms with Gasteiger partial charge in [-0.25, -0.2) is 5.43 Å². The molecule has 0 unspecified atom stereocenters. The zero-order valence-electron chi connectivity index (χ0n) is 18.0. The van der Waals surface area contributed by atoms with Crippen molar-refractivity contribution in [2.75, 3.05) is 12.4 Å². The lowest BCUT2D eigenvalue weighted by atomic mass is 10.2. The highest BCUT2D eigenvalue weighted by molar-refractivity contribution is 8.00. The first-order chi connectivity index (χ1) is 16.4. The van der Waals surface area contributed by atoms with Gasteiger partial charge in [0.1, 0.15) is 6.61 Å². The quantitative estimate of drug-likeness (QED) is 0.159. The number of hydrogen-bond donors (Lipinski definition) is 1. The van der Waals surface area contributed by atoms with E-state index >= 15 is 0 Å². The van der Waals surface area contributed by atoms with Crippen LogP contribution in [0.25, 0.3) is 0 Å². The number of halogens is 4. The van der Waals surface area contributed by atoms with Gasteiger partial charge in [0.25, 0.3) is 0 Å². The first kappa shape index (κ1) is 26.5. The number of benzene rings is 3. The lowest BCUT2D eigenvalue weighted by molar-refractivity contribution is -0.118. The smallest absolute Gasteiger partial charge is 0.250 e. The summed E-state index contributed by atoms with van der Waals surface area (Å²) in [6, 6.07) is 15.9. The van der Waals surface area contributed by atoms with E-state index in [2.05, 4.69) is 10.5 Å². The van der Waals surface area contributed by atoms with Crippen LogP contribution in [0.15, 0.2) is 64.6 Å². The Labute approximate surface area is 222 Å². The number of carbonyl (C=O) groups is 1. The molecule has 3 aromatic carbocycles. The van der Waals surface area contributed by atoms with Gasteiger partial charge in [0.05, 0.1) is 33.6 Å². The third-order valence-electron chi connectivity index (χ3n) is 4.29. The number of amides is 1. The zero-order chi connectivity index (χ0) is 24.5. The Bertz CT molecular complexity index is 1170. The summed E-state index contributed by atoms with van der Waals surface area (Å²) in [5.41, 5.74) is 3.97. The fourth-order valence-corrected chi connectivity index (χ4v) is 4.15. The maximum atomic E-state index is 12.1. The van der Waals surface area contributed by atoms with E-state index in [-0.39, 0.29) is 18.3 Å². The standard InChI is InChI=1S/C24H20Cl4N2O3S/c1-2-32-22-11-16(12-29-30-23(31)14-34-18-6-4-17(25)5-7-18)10-21(28)24(22)33-13-15-3-8-19(26)20(27)9-15/h3-12H,2,13-14H2,1H3,(H,30,31)/b29-12-. The van der Waals surface area contributed by atoms with E-state index in [0.717, 1.165) is 10.5 Å². The third-order valence-corrected chi connectivity index (χ3v) is 6.57. The summed E-state index contributed by atoms with van der Waals surface area (Å²) >= 11 is 25.7. The Balaban J connectivity index is 1.61. The van der Waals surface area contributed by atoms with Crippen molar-refractivity contribution in [3.05, 3.63) is 85.8 Å². The highest BCUT2D eigenvalue weighted by Gasteiger charge is 2.13. The molecule has 0 fully saturated rings. The number of thioether (sulfide) groups is 1. The van der Waals surface area contributed by atoms with Crippen LogP contribution in [0.2, 0.25) is 20.1 Å². The van der Waals surface area contributed by atoms with Crippen molar-refractivity contribution >= 4 is 70.3 Å². The lowest BCUT2D eigenvalue weighted by Crippen LogP contribution is -2.19. The van der Waals surface area contributed by atoms with Crippen molar-refractivity contribution in [1.82, 2.24) is 5.43 Å². The maximum absolute atomic E-state index is 12.1. The summed E-state index contributed by atoms with van der Waals surface area (Å²) in [4.78, 5) is 13.0. The lowest BCUT2D eigenvalue weighted by Gasteiger charge is -2.14. The SMILES string of the molecule is CCOc1cc(/C=N\NC(=O)CSc2ccc(Cl)cc2)cc(Cl)c1OCc1ccc(Cl)c(Cl)c1. The Kier molecular flexibility index (Phi) is 10.2. The number of ether oxygens (including phenoxy) is 2. The van der Waals surface area contributed by atoms with Crippen molar-refractivity contribution < 1.29 is 14.3 Å². The van der Waals surface area contributed by atoms with Crippen LogP contribution in [0.4, 0.5) is 0 Å². The summed E-state index contributed by atoms with van der Waals surface area (Å²) in [7, 11) is 0. The Morgan fingerprint density at radius 1 is 0.971 bits per heavy atom. The fraction of sp³-hybridized carbons (Fsp3) is 0.167. The molecule has 1 amide bonds. The molecule has 0 atom stereocenters. The normalized spacial score (nSPS) is 11.0. The molecule has 0 aliphatic rings. The summed E-state index contributed by atoms with van der Waals surface area (Å²) in [5.74, 6) is 0.830. The second kappa shape index (κ2) is 13.1. The summed E-state index contributed by atoms with van der Waals surface area (Å²) in [6.07, 6.45) is 1.49. The predicted octanol–water partition coefficient (Wildman–Crippen LogP) is 7.52. The average molecular weight is 558 g/mol. The molecule has 0 heterocycles. The average Bonchev–Trinajstić information content (AvgIpc) is 2.80. The number of nitrogens with one attached hydrogen (secondary N) is 1. The van der Waals surface area contributed by atoms with Crippen LogP contribution >= 0.6 is 58.2 Å². The summed E-state index contributed by atoms with van der Waals surface area (Å²) in [6.45, 7) is 2.50. The molecule has 0 aliphatic carbocycles. The molecule has 0 radical (unpaired) electrons. The Morgan fingerprint density at radius 3 is 2.44 bits per heavy atom. The molecule has 1 N–H and O–H groups in total. The van der Waals surface area contributed by atoms with Crippen LogP contribution in [0.5, 0.6) is 11.5 Å². The van der Waals surface area contributed by atoms with Crippen molar-refractivity contribution in [3.63, 3.8) is 0 Å². The van der Waals surface area contributed by atoms with E-state index in [1.54, 1.807) is 36.4 Å². The van der Waals surface area contributed by atoms with Gasteiger partial charge in [0, 0.05) is 9.92 Å². The van der Waals surface area contributed by atoms with Crippen LogP contribution in [0.3, 0.4) is 0 Å². The van der Waals surface area contributed by atoms with Gasteiger partial charge in [-0.05, 0) is 66.6 Å². The minimum absolute atomic E-state index is 0.214. The summed E-state index contributed by atoms with van der Waals surface area (Å²) < 4.78 is 11.6. The number of rotatable bonds is 10. The second-order valence-corrected chi connectivity index (χ2v) is 9.54. The second-order valence-electron chi connectivity index (χ2n) is 6.84. The molecule has 0 aromatic heterocycles. The molecule has 0 aliphatic heterocycles. The molecule has 0 bridgehead atoms. The highest BCUT2D eigenvalue weighted by Crippen LogP contribution is 2.37. The number of carbonyl (C=O) groups excluding carboxylic acids is 1. The van der Waals surface area contributed by atoms with Gasteiger partial charge in [-0.15, -0.1) is 11.8 Å². The van der Waals surface area contributed by atoms with Gasteiger partial charge in [-0.2, -0.15) is 5.10 Å². The van der Waals surface area contributed by atoms with Crippen LogP contribution < -0.4 is 14.9 Å². The molecule has 3 rings (SSSR count). The van der Waals surface area contributed by atoms with Crippen molar-refractivity contribution in [3.8, 4) is 11.5 Å². The Hall–Kier alpha value is -2.09. The van der Waals surface area contributed by atoms with Gasteiger partial charge >= 0.3 is 0 Å². The van der Waals surface area contributed by atoms with Crippen molar-refractivity contribution in [2.45, 2.75) is 18.4 Å². The van der Waals surface area contributed by atoms with Crippen LogP contribution in [-0.2, 0) is 11.4 Å². The van der Waals surface area contributed by atoms with E-state index in [1.807, 2.05) is 25.1 Å². The van der Waals surface area contributed by atoms with E-state index in [0.29, 0.717) is 43.8 Å². The van der Waals surface area contributed by atoms with Crippen LogP contribution in [0, 0.1) is 0 Å². The van der Waals surface area contributed by atoms with Crippen molar-refractivity contribution in [2.24, 2.45) is 5.10 Å². The minimum atomic E-state index is -0.242. The molecule has 5 nitrogen and oxygen atoms in total. The summed E-state index contributed by atoms with van der Waals surface area (Å²) in [5, 5.41) is 5.92. The first-order valence-electron chi connectivity index (χ1n) is 10.1. The van der Waals surface area contributed by atoms with Gasteiger partial charge in [0.15, 0.2) is 11.5 Å². The molecular weight excluding hydrogens is 538 g/mol. The molecule has 0 saturated carbocycles. The van der Waals surface area contributed by atoms with E-state index < -0.39 is 0 Å². The fourth-order valence-electron chi connectivity index (χ4n) is 2.74. The van der Waals surface area contributed by atoms with Gasteiger partial charge in [-0.3, -0.25) is 4.79 Å². The monoisotopic (exact) mass is 556 g/mol. The van der Waals surface area contributed by atoms with E-state index in [1.165, 1.54) is 18.0 Å². The molecule has 10 heteroatoms. The van der Waals surface area contributed by atoms with Crippen molar-refractivity contribution in [1.29, 1.82) is 0 Å². The van der Waals surface area contributed by atoms with Crippen LogP contribution in [0.1, 0.15) is 18.1 Å². The number of nitrogens with zero attached hydrogens (tertiary/aromatic N) is 1. The number of hydrazone groups is 1. The van der Waals surface area contributed by atoms with Crippen LogP contribution in [-0.4, -0.2) is 24.5 Å². The van der Waals surface area contributed by atoms with Gasteiger partial charge in [0.2, 0.25) is 5.91 Å².